The van der Waals surface area contributed by atoms with Crippen LogP contribution in [0.15, 0.2) is 23.3 Å². The zero-order chi connectivity index (χ0) is 19.7. The van der Waals surface area contributed by atoms with Crippen LogP contribution in [0.5, 0.6) is 0 Å². The summed E-state index contributed by atoms with van der Waals surface area (Å²) in [5.74, 6) is 16.0. The molecule has 9 rings (SSSR count). The summed E-state index contributed by atoms with van der Waals surface area (Å²) in [4.78, 5) is 0. The molecule has 0 aromatic carbocycles. The molecule has 0 aromatic heterocycles. The summed E-state index contributed by atoms with van der Waals surface area (Å²) in [6, 6.07) is 0. The molecule has 0 N–H and O–H groups in total. The van der Waals surface area contributed by atoms with Crippen molar-refractivity contribution >= 4 is 10.0 Å². The fraction of sp³-hybridized carbons (Fsp3) is 0.862. The quantitative estimate of drug-likeness (QED) is 0.410. The van der Waals surface area contributed by atoms with Crippen LogP contribution in [-0.2, 0) is 0 Å². The van der Waals surface area contributed by atoms with E-state index in [-0.39, 0.29) is 10.0 Å². The van der Waals surface area contributed by atoms with E-state index in [9.17, 15) is 0 Å². The molecular formula is C29H40S. The molecule has 30 heavy (non-hydrogen) atoms. The van der Waals surface area contributed by atoms with Gasteiger partial charge in [0.2, 0.25) is 0 Å². The van der Waals surface area contributed by atoms with Crippen LogP contribution in [0.1, 0.15) is 59.3 Å². The first-order chi connectivity index (χ1) is 14.6. The Labute approximate surface area is 185 Å². The molecule has 0 amide bonds. The van der Waals surface area contributed by atoms with Crippen LogP contribution in [0, 0.1) is 70.5 Å². The highest BCUT2D eigenvalue weighted by molar-refractivity contribution is 8.35. The molecule has 2 spiro atoms. The second-order valence-electron chi connectivity index (χ2n) is 13.8. The first-order valence-electron chi connectivity index (χ1n) is 13.7. The lowest BCUT2D eigenvalue weighted by molar-refractivity contribution is -0.197. The van der Waals surface area contributed by atoms with E-state index in [2.05, 4.69) is 32.9 Å². The van der Waals surface area contributed by atoms with Crippen LogP contribution in [0.2, 0.25) is 0 Å². The lowest BCUT2D eigenvalue weighted by Crippen LogP contribution is -2.70. The van der Waals surface area contributed by atoms with E-state index in [1.807, 2.05) is 11.1 Å². The summed E-state index contributed by atoms with van der Waals surface area (Å²) in [7, 11) is -0.293. The third kappa shape index (κ3) is 1.42. The van der Waals surface area contributed by atoms with Gasteiger partial charge in [-0.05, 0) is 139 Å². The van der Waals surface area contributed by atoms with Crippen LogP contribution < -0.4 is 0 Å². The standard InChI is InChI=1S/C29H40S/c1-14-10-12-30(13-11-14)20-9-8-19(20)22-23-24-21-17-6-7-18(17)26(21)29(15(2)4-5-16(29)3)27(24)25(23)28(22)30/h4-5,14,17-28H,6-13H2,1-3H3. The molecule has 8 fully saturated rings. The maximum Gasteiger partial charge on any atom is 0.0189 e. The number of hydrogen-bond donors (Lipinski definition) is 0. The summed E-state index contributed by atoms with van der Waals surface area (Å²) in [6.07, 6.45) is 14.8. The van der Waals surface area contributed by atoms with Gasteiger partial charge in [0.15, 0.2) is 0 Å². The summed E-state index contributed by atoms with van der Waals surface area (Å²) in [6.45, 7) is 7.68. The SMILES string of the molecule is CC1=CC=C(C)C12C1C3CCC3C1C1C3C4C5CCC5S5(CCC(C)CC5)C4C3C12. The molecule has 0 radical (unpaired) electrons. The Bertz CT molecular complexity index is 899. The molecule has 0 nitrogen and oxygen atoms in total. The van der Waals surface area contributed by atoms with E-state index < -0.39 is 0 Å². The normalized spacial score (nSPS) is 68.7. The highest BCUT2D eigenvalue weighted by atomic mass is 32.3. The minimum Gasteiger partial charge on any atom is -0.234 e. The highest BCUT2D eigenvalue weighted by Crippen LogP contribution is 2.93. The Morgan fingerprint density at radius 2 is 1.40 bits per heavy atom. The Balaban J connectivity index is 1.17. The Morgan fingerprint density at radius 1 is 0.700 bits per heavy atom. The summed E-state index contributed by atoms with van der Waals surface area (Å²) < 4.78 is 0. The average molecular weight is 421 g/mol. The second kappa shape index (κ2) is 5.00. The Kier molecular flexibility index (Phi) is 2.89. The molecular weight excluding hydrogens is 380 g/mol. The maximum atomic E-state index is 2.58. The second-order valence-corrected chi connectivity index (χ2v) is 17.7. The van der Waals surface area contributed by atoms with Gasteiger partial charge in [-0.3, -0.25) is 0 Å². The monoisotopic (exact) mass is 420 g/mol. The van der Waals surface area contributed by atoms with Crippen molar-refractivity contribution in [1.29, 1.82) is 0 Å². The van der Waals surface area contributed by atoms with E-state index in [4.69, 9.17) is 0 Å². The molecule has 12 atom stereocenters. The van der Waals surface area contributed by atoms with Crippen LogP contribution >= 0.6 is 10.0 Å². The molecule has 2 heterocycles. The lowest BCUT2D eigenvalue weighted by atomic mass is 9.35. The van der Waals surface area contributed by atoms with Crippen LogP contribution in [0.25, 0.3) is 0 Å². The van der Waals surface area contributed by atoms with E-state index in [1.165, 1.54) is 40.1 Å². The zero-order valence-electron chi connectivity index (χ0n) is 19.2. The van der Waals surface area contributed by atoms with E-state index in [0.29, 0.717) is 5.41 Å². The third-order valence-electron chi connectivity index (χ3n) is 13.9. The summed E-state index contributed by atoms with van der Waals surface area (Å²) >= 11 is 0. The maximum absolute atomic E-state index is 2.58. The third-order valence-corrected chi connectivity index (χ3v) is 19.4. The van der Waals surface area contributed by atoms with Gasteiger partial charge in [-0.2, -0.15) is 0 Å². The van der Waals surface area contributed by atoms with Gasteiger partial charge in [0.05, 0.1) is 0 Å². The van der Waals surface area contributed by atoms with Gasteiger partial charge in [-0.15, -0.1) is 0 Å². The van der Waals surface area contributed by atoms with Gasteiger partial charge in [-0.1, -0.05) is 30.2 Å². The Morgan fingerprint density at radius 3 is 2.03 bits per heavy atom. The number of hydrogen-bond acceptors (Lipinski definition) is 0. The van der Waals surface area contributed by atoms with Crippen LogP contribution in [0.3, 0.4) is 0 Å². The van der Waals surface area contributed by atoms with Crippen molar-refractivity contribution in [1.82, 2.24) is 0 Å². The molecule has 6 saturated carbocycles. The average Bonchev–Trinajstić information content (AvgIpc) is 3.11. The first-order valence-corrected chi connectivity index (χ1v) is 15.8. The van der Waals surface area contributed by atoms with E-state index in [1.54, 1.807) is 50.0 Å². The fourth-order valence-corrected chi connectivity index (χ4v) is 20.0. The van der Waals surface area contributed by atoms with Crippen molar-refractivity contribution in [2.24, 2.45) is 70.5 Å². The molecule has 0 bridgehead atoms. The predicted octanol–water partition coefficient (Wildman–Crippen LogP) is 6.67. The molecule has 162 valence electrons. The van der Waals surface area contributed by atoms with Gasteiger partial charge in [-0.25, -0.2) is 10.0 Å². The molecule has 9 aliphatic rings. The topological polar surface area (TPSA) is 0 Å². The highest BCUT2D eigenvalue weighted by Gasteiger charge is 2.87. The Hall–Kier alpha value is -0.170. The van der Waals surface area contributed by atoms with Crippen molar-refractivity contribution in [3.8, 4) is 0 Å². The van der Waals surface area contributed by atoms with Crippen molar-refractivity contribution < 1.29 is 0 Å². The van der Waals surface area contributed by atoms with Gasteiger partial charge in [0.25, 0.3) is 0 Å². The van der Waals surface area contributed by atoms with Gasteiger partial charge in [0, 0.05) is 5.41 Å². The largest absolute Gasteiger partial charge is 0.234 e. The minimum atomic E-state index is -0.293. The first kappa shape index (κ1) is 17.3. The minimum absolute atomic E-state index is 0.293. The van der Waals surface area contributed by atoms with Gasteiger partial charge in [0.1, 0.15) is 0 Å². The summed E-state index contributed by atoms with van der Waals surface area (Å²) in [5, 5.41) is 2.48. The smallest absolute Gasteiger partial charge is 0.0189 e. The van der Waals surface area contributed by atoms with Crippen molar-refractivity contribution in [2.45, 2.75) is 69.8 Å². The van der Waals surface area contributed by atoms with Crippen molar-refractivity contribution in [3.05, 3.63) is 23.3 Å². The zero-order valence-corrected chi connectivity index (χ0v) is 20.0. The van der Waals surface area contributed by atoms with Gasteiger partial charge >= 0.3 is 0 Å². The van der Waals surface area contributed by atoms with Crippen molar-refractivity contribution in [2.75, 3.05) is 11.5 Å². The van der Waals surface area contributed by atoms with Crippen LogP contribution in [0.4, 0.5) is 0 Å². The van der Waals surface area contributed by atoms with Crippen LogP contribution in [-0.4, -0.2) is 22.0 Å². The molecule has 7 aliphatic carbocycles. The fourth-order valence-electron chi connectivity index (χ4n) is 12.9. The molecule has 2 saturated heterocycles. The van der Waals surface area contributed by atoms with E-state index >= 15 is 0 Å². The molecule has 1 heteroatoms. The van der Waals surface area contributed by atoms with Gasteiger partial charge < -0.3 is 0 Å². The predicted molar refractivity (Wildman–Crippen MR) is 127 cm³/mol. The van der Waals surface area contributed by atoms with Crippen molar-refractivity contribution in [3.63, 3.8) is 0 Å². The lowest BCUT2D eigenvalue weighted by Gasteiger charge is -2.73. The molecule has 2 aliphatic heterocycles. The van der Waals surface area contributed by atoms with E-state index in [0.717, 1.165) is 35.5 Å². The summed E-state index contributed by atoms with van der Waals surface area (Å²) in [5.41, 5.74) is 4.18. The number of allylic oxidation sites excluding steroid dienone is 4. The molecule has 12 unspecified atom stereocenters. The molecule has 0 aromatic rings. The number of rotatable bonds is 0. The number of fused-ring (bicyclic) bond motifs is 18.